The predicted octanol–water partition coefficient (Wildman–Crippen LogP) is 5.33. The third-order valence-corrected chi connectivity index (χ3v) is 10.9. The van der Waals surface area contributed by atoms with Gasteiger partial charge in [-0.25, -0.2) is 8.78 Å². The summed E-state index contributed by atoms with van der Waals surface area (Å²) >= 11 is 0. The predicted molar refractivity (Wildman–Crippen MR) is 168 cm³/mol. The van der Waals surface area contributed by atoms with Gasteiger partial charge < -0.3 is 24.8 Å². The highest BCUT2D eigenvalue weighted by Crippen LogP contribution is 2.51. The molecule has 0 unspecified atom stereocenters. The third-order valence-electron chi connectivity index (χ3n) is 10.9. The average molecular weight is 618 g/mol. The number of hydrogen-bond acceptors (Lipinski definition) is 7. The molecule has 5 aliphatic rings. The number of piperidine rings is 1. The van der Waals surface area contributed by atoms with Crippen LogP contribution in [0.25, 0.3) is 0 Å². The monoisotopic (exact) mass is 617 g/mol. The van der Waals surface area contributed by atoms with E-state index in [1.165, 1.54) is 11.3 Å². The highest BCUT2D eigenvalue weighted by Gasteiger charge is 2.45. The van der Waals surface area contributed by atoms with Crippen LogP contribution in [0.2, 0.25) is 0 Å². The van der Waals surface area contributed by atoms with Crippen LogP contribution >= 0.6 is 0 Å². The fraction of sp³-hybridized carbons (Fsp3) is 0.559. The highest BCUT2D eigenvalue weighted by molar-refractivity contribution is 5.80. The van der Waals surface area contributed by atoms with Crippen molar-refractivity contribution in [1.29, 1.82) is 0 Å². The van der Waals surface area contributed by atoms with E-state index in [1.807, 2.05) is 23.4 Å². The first kappa shape index (κ1) is 28.9. The molecule has 2 fully saturated rings. The van der Waals surface area contributed by atoms with E-state index in [2.05, 4.69) is 30.8 Å². The van der Waals surface area contributed by atoms with Gasteiger partial charge in [-0.1, -0.05) is 0 Å². The van der Waals surface area contributed by atoms with Gasteiger partial charge in [0.2, 0.25) is 5.91 Å². The minimum Gasteiger partial charge on any atom is -0.381 e. The van der Waals surface area contributed by atoms with Crippen LogP contribution in [0.4, 0.5) is 31.7 Å². The van der Waals surface area contributed by atoms with E-state index in [4.69, 9.17) is 9.84 Å². The maximum absolute atomic E-state index is 15.1. The van der Waals surface area contributed by atoms with Crippen LogP contribution in [0.15, 0.2) is 30.6 Å². The van der Waals surface area contributed by atoms with E-state index in [1.54, 1.807) is 13.0 Å². The Kier molecular flexibility index (Phi) is 7.28. The SMILES string of the molecule is CC(=O)N1CCc2c(c(N3CCCc4cc(N5CC6(CCNCC6)c6ccncc65)c(C(F)F)cc43)nn2C2CCOCC2)C1. The molecule has 1 N–H and O–H groups in total. The number of nitrogens with one attached hydrogen (secondary N) is 1. The van der Waals surface area contributed by atoms with Crippen LogP contribution in [0.5, 0.6) is 0 Å². The largest absolute Gasteiger partial charge is 0.381 e. The van der Waals surface area contributed by atoms with Gasteiger partial charge in [-0.05, 0) is 80.9 Å². The summed E-state index contributed by atoms with van der Waals surface area (Å²) in [5.41, 5.74) is 6.82. The zero-order chi connectivity index (χ0) is 30.7. The summed E-state index contributed by atoms with van der Waals surface area (Å²) in [7, 11) is 0. The molecule has 5 aliphatic heterocycles. The lowest BCUT2D eigenvalue weighted by atomic mass is 9.75. The lowest BCUT2D eigenvalue weighted by molar-refractivity contribution is -0.129. The molecule has 0 saturated carbocycles. The summed E-state index contributed by atoms with van der Waals surface area (Å²) < 4.78 is 38.0. The lowest BCUT2D eigenvalue weighted by Crippen LogP contribution is -2.42. The maximum atomic E-state index is 15.1. The number of carbonyl (C=O) groups is 1. The van der Waals surface area contributed by atoms with E-state index >= 15 is 8.78 Å². The van der Waals surface area contributed by atoms with E-state index in [0.717, 1.165) is 86.4 Å². The number of aromatic nitrogens is 3. The number of amides is 1. The van der Waals surface area contributed by atoms with Gasteiger partial charge in [0.15, 0.2) is 5.82 Å². The van der Waals surface area contributed by atoms with Crippen molar-refractivity contribution in [3.8, 4) is 0 Å². The molecule has 9 nitrogen and oxygen atoms in total. The molecule has 0 aliphatic carbocycles. The molecule has 1 spiro atoms. The van der Waals surface area contributed by atoms with Gasteiger partial charge in [0.05, 0.1) is 30.2 Å². The number of alkyl halides is 2. The van der Waals surface area contributed by atoms with Crippen molar-refractivity contribution in [3.05, 3.63) is 58.5 Å². The second kappa shape index (κ2) is 11.3. The van der Waals surface area contributed by atoms with Crippen molar-refractivity contribution in [2.45, 2.75) is 76.3 Å². The fourth-order valence-electron chi connectivity index (χ4n) is 8.48. The number of nitrogens with zero attached hydrogens (tertiary/aromatic N) is 6. The minimum absolute atomic E-state index is 0.0426. The van der Waals surface area contributed by atoms with Gasteiger partial charge in [-0.2, -0.15) is 5.10 Å². The Morgan fingerprint density at radius 2 is 1.89 bits per heavy atom. The summed E-state index contributed by atoms with van der Waals surface area (Å²) in [6.45, 7) is 7.38. The summed E-state index contributed by atoms with van der Waals surface area (Å²) in [6, 6.07) is 6.07. The van der Waals surface area contributed by atoms with Crippen LogP contribution < -0.4 is 15.1 Å². The minimum atomic E-state index is -2.64. The van der Waals surface area contributed by atoms with Crippen LogP contribution in [-0.4, -0.2) is 71.5 Å². The number of aryl methyl sites for hydroxylation is 1. The lowest BCUT2D eigenvalue weighted by Gasteiger charge is -2.36. The van der Waals surface area contributed by atoms with Crippen molar-refractivity contribution in [3.63, 3.8) is 0 Å². The number of hydrogen-bond donors (Lipinski definition) is 1. The first-order valence-corrected chi connectivity index (χ1v) is 16.5. The number of pyridine rings is 1. The molecule has 1 aromatic carbocycles. The molecule has 238 valence electrons. The zero-order valence-corrected chi connectivity index (χ0v) is 25.9. The molecular formula is C34H41F2N7O2. The van der Waals surface area contributed by atoms with Crippen LogP contribution in [0.1, 0.15) is 79.4 Å². The van der Waals surface area contributed by atoms with Crippen molar-refractivity contribution in [2.75, 3.05) is 55.7 Å². The molecule has 8 rings (SSSR count). The first-order chi connectivity index (χ1) is 21.9. The van der Waals surface area contributed by atoms with Crippen LogP contribution in [0.3, 0.4) is 0 Å². The number of halogens is 2. The Bertz CT molecular complexity index is 1610. The van der Waals surface area contributed by atoms with Gasteiger partial charge in [-0.15, -0.1) is 0 Å². The van der Waals surface area contributed by atoms with Crippen LogP contribution in [-0.2, 0) is 34.3 Å². The average Bonchev–Trinajstić information content (AvgIpc) is 3.60. The fourth-order valence-corrected chi connectivity index (χ4v) is 8.48. The maximum Gasteiger partial charge on any atom is 0.265 e. The number of anilines is 4. The smallest absolute Gasteiger partial charge is 0.265 e. The van der Waals surface area contributed by atoms with Crippen molar-refractivity contribution in [1.82, 2.24) is 25.0 Å². The standard InChI is InChI=1S/C34H41F2N7O2/c1-22(44)40-14-5-28-26(20-40)33(39-43(28)24-6-15-45-16-7-24)41-13-2-3-23-17-30(25(32(35)36)18-29(23)41)42-21-34(8-11-37-12-9-34)27-4-10-38-19-31(27)42/h4,10,17-19,24,32,37H,2-3,5-9,11-16,20-21H2,1H3. The number of carbonyl (C=O) groups excluding carboxylic acids is 1. The number of ether oxygens (including phenoxy) is 1. The molecule has 2 saturated heterocycles. The first-order valence-electron chi connectivity index (χ1n) is 16.5. The van der Waals surface area contributed by atoms with Gasteiger partial charge in [0.25, 0.3) is 6.43 Å². The number of fused-ring (bicyclic) bond motifs is 4. The Hall–Kier alpha value is -3.57. The van der Waals surface area contributed by atoms with E-state index in [-0.39, 0.29) is 22.9 Å². The Morgan fingerprint density at radius 1 is 1.07 bits per heavy atom. The molecular weight excluding hydrogens is 576 g/mol. The summed E-state index contributed by atoms with van der Waals surface area (Å²) in [6.07, 6.45) is 7.22. The van der Waals surface area contributed by atoms with Gasteiger partial charge >= 0.3 is 0 Å². The Morgan fingerprint density at radius 3 is 2.67 bits per heavy atom. The quantitative estimate of drug-likeness (QED) is 0.424. The second-order valence-corrected chi connectivity index (χ2v) is 13.3. The summed E-state index contributed by atoms with van der Waals surface area (Å²) in [5, 5.41) is 8.70. The summed E-state index contributed by atoms with van der Waals surface area (Å²) in [4.78, 5) is 23.0. The molecule has 1 amide bonds. The van der Waals surface area contributed by atoms with Gasteiger partial charge in [0, 0.05) is 80.3 Å². The second-order valence-electron chi connectivity index (χ2n) is 13.3. The van der Waals surface area contributed by atoms with Crippen molar-refractivity contribution < 1.29 is 18.3 Å². The number of benzene rings is 1. The molecule has 0 bridgehead atoms. The molecule has 7 heterocycles. The highest BCUT2D eigenvalue weighted by atomic mass is 19.3. The third kappa shape index (κ3) is 4.81. The zero-order valence-electron chi connectivity index (χ0n) is 25.9. The van der Waals surface area contributed by atoms with E-state index in [0.29, 0.717) is 45.1 Å². The topological polar surface area (TPSA) is 78.8 Å². The molecule has 11 heteroatoms. The molecule has 0 atom stereocenters. The normalized spacial score (nSPS) is 21.3. The van der Waals surface area contributed by atoms with Crippen molar-refractivity contribution in [2.24, 2.45) is 0 Å². The summed E-state index contributed by atoms with van der Waals surface area (Å²) in [5.74, 6) is 0.849. The molecule has 45 heavy (non-hydrogen) atoms. The molecule has 2 aromatic heterocycles. The van der Waals surface area contributed by atoms with E-state index in [9.17, 15) is 4.79 Å². The Labute approximate surface area is 262 Å². The van der Waals surface area contributed by atoms with Crippen LogP contribution in [0, 0.1) is 0 Å². The van der Waals surface area contributed by atoms with Crippen molar-refractivity contribution >= 4 is 28.8 Å². The molecule has 0 radical (unpaired) electrons. The van der Waals surface area contributed by atoms with E-state index < -0.39 is 6.43 Å². The number of rotatable bonds is 4. The van der Waals surface area contributed by atoms with Gasteiger partial charge in [0.1, 0.15) is 0 Å². The Balaban J connectivity index is 1.22. The molecule has 3 aromatic rings. The van der Waals surface area contributed by atoms with Gasteiger partial charge in [-0.3, -0.25) is 14.5 Å².